The summed E-state index contributed by atoms with van der Waals surface area (Å²) in [5.41, 5.74) is 36.1. The zero-order valence-electron chi connectivity index (χ0n) is 56.7. The Morgan fingerprint density at radius 3 is 1.01 bits per heavy atom. The fourth-order valence-electron chi connectivity index (χ4n) is 17.7. The fourth-order valence-corrected chi connectivity index (χ4v) is 17.7. The van der Waals surface area contributed by atoms with E-state index >= 15 is 0 Å². The fraction of sp³-hybridized carbons (Fsp3) is 0.0400. The summed E-state index contributed by atoms with van der Waals surface area (Å²) in [6, 6.07) is 141. The van der Waals surface area contributed by atoms with Crippen molar-refractivity contribution in [1.29, 1.82) is 0 Å². The van der Waals surface area contributed by atoms with E-state index in [1.54, 1.807) is 0 Å². The van der Waals surface area contributed by atoms with Crippen LogP contribution < -0.4 is 0 Å². The molecule has 18 aromatic rings. The molecule has 2 heteroatoms. The standard InChI is InChI=1S/C100H68N2/c1-99(2)88-52-46-73(63-87(88)98-91(99)64-81(67-26-10-3-11-27-67)96(68-28-12-4-13-29-68)97(98)69-30-14-5-15-31-69)75-51-57-95-86(62-75)85-60-71(49-55-94(85)102(95)79-38-22-9-23-39-79)66-44-42-65(43-45-66)70-47-53-89-82(58-70)83-59-72(48-54-90(83)100(89,76-32-16-6-17-33-76)77-34-18-7-19-35-77)74-50-56-93-84(61-74)80-40-24-25-41-92(80)101(93)78-36-20-8-21-37-78/h3-64H,1-2H3. The summed E-state index contributed by atoms with van der Waals surface area (Å²) in [4.78, 5) is 0. The van der Waals surface area contributed by atoms with Crippen molar-refractivity contribution in [2.24, 2.45) is 0 Å². The van der Waals surface area contributed by atoms with E-state index in [2.05, 4.69) is 399 Å². The van der Waals surface area contributed by atoms with E-state index < -0.39 is 5.41 Å². The SMILES string of the molecule is CC1(C)c2ccc(-c3ccc4c(c3)c3cc(-c5ccc(-c6ccc7c(c6)-c6cc(-c8ccc9c(c8)c8ccccc8n9-c8ccccc8)ccc6C7(c6ccccc6)c6ccccc6)cc5)ccc3n4-c3ccccc3)cc2-c2c1cc(-c1ccccc1)c(-c1ccccc1)c2-c1ccccc1. The Hall–Kier alpha value is -12.9. The van der Waals surface area contributed by atoms with Gasteiger partial charge in [0.15, 0.2) is 0 Å². The van der Waals surface area contributed by atoms with Crippen molar-refractivity contribution < 1.29 is 0 Å². The maximum atomic E-state index is 2.51. The van der Waals surface area contributed by atoms with Crippen LogP contribution in [0, 0.1) is 0 Å². The summed E-state index contributed by atoms with van der Waals surface area (Å²) in [7, 11) is 0. The Bertz CT molecular complexity index is 6290. The molecule has 2 aromatic heterocycles. The molecule has 16 aromatic carbocycles. The van der Waals surface area contributed by atoms with Gasteiger partial charge in [-0.1, -0.05) is 299 Å². The highest BCUT2D eigenvalue weighted by molar-refractivity contribution is 6.13. The van der Waals surface area contributed by atoms with E-state index in [1.165, 1.54) is 177 Å². The van der Waals surface area contributed by atoms with E-state index in [0.717, 1.165) is 11.4 Å². The van der Waals surface area contributed by atoms with Gasteiger partial charge in [0.05, 0.1) is 27.5 Å². The van der Waals surface area contributed by atoms with Crippen molar-refractivity contribution in [2.45, 2.75) is 24.7 Å². The second-order valence-electron chi connectivity index (χ2n) is 28.2. The molecule has 478 valence electrons. The molecule has 0 bridgehead atoms. The van der Waals surface area contributed by atoms with Crippen LogP contribution in [-0.4, -0.2) is 9.13 Å². The van der Waals surface area contributed by atoms with Crippen LogP contribution in [0.3, 0.4) is 0 Å². The van der Waals surface area contributed by atoms with Crippen LogP contribution in [0.15, 0.2) is 376 Å². The Balaban J connectivity index is 0.701. The van der Waals surface area contributed by atoms with Crippen LogP contribution in [0.2, 0.25) is 0 Å². The monoisotopic (exact) mass is 1300 g/mol. The zero-order chi connectivity index (χ0) is 67.6. The molecule has 0 spiro atoms. The molecule has 0 saturated carbocycles. The van der Waals surface area contributed by atoms with Crippen LogP contribution in [-0.2, 0) is 10.8 Å². The van der Waals surface area contributed by atoms with Gasteiger partial charge in [-0.2, -0.15) is 0 Å². The summed E-state index contributed by atoms with van der Waals surface area (Å²) in [5, 5.41) is 4.92. The molecular weight excluding hydrogens is 1230 g/mol. The minimum absolute atomic E-state index is 0.255. The van der Waals surface area contributed by atoms with Gasteiger partial charge in [-0.3, -0.25) is 0 Å². The first-order valence-corrected chi connectivity index (χ1v) is 35.6. The van der Waals surface area contributed by atoms with Gasteiger partial charge in [0.1, 0.15) is 0 Å². The molecule has 2 heterocycles. The average molecular weight is 1300 g/mol. The molecule has 0 fully saturated rings. The van der Waals surface area contributed by atoms with E-state index in [0.29, 0.717) is 0 Å². The second-order valence-corrected chi connectivity index (χ2v) is 28.2. The molecule has 0 aliphatic heterocycles. The lowest BCUT2D eigenvalue weighted by Gasteiger charge is -2.34. The van der Waals surface area contributed by atoms with Crippen LogP contribution in [0.5, 0.6) is 0 Å². The lowest BCUT2D eigenvalue weighted by Crippen LogP contribution is -2.28. The highest BCUT2D eigenvalue weighted by Gasteiger charge is 2.46. The lowest BCUT2D eigenvalue weighted by molar-refractivity contribution is 0.661. The van der Waals surface area contributed by atoms with Crippen molar-refractivity contribution in [3.63, 3.8) is 0 Å². The minimum Gasteiger partial charge on any atom is -0.309 e. The molecule has 0 amide bonds. The summed E-state index contributed by atoms with van der Waals surface area (Å²) < 4.78 is 4.83. The molecule has 0 unspecified atom stereocenters. The molecule has 2 aliphatic carbocycles. The summed E-state index contributed by atoms with van der Waals surface area (Å²) >= 11 is 0. The lowest BCUT2D eigenvalue weighted by atomic mass is 9.67. The zero-order valence-corrected chi connectivity index (χ0v) is 56.7. The van der Waals surface area contributed by atoms with Crippen molar-refractivity contribution in [3.05, 3.63) is 409 Å². The van der Waals surface area contributed by atoms with Crippen LogP contribution in [0.25, 0.3) is 155 Å². The predicted octanol–water partition coefficient (Wildman–Crippen LogP) is 26.2. The Labute approximate surface area is 594 Å². The number of fused-ring (bicyclic) bond motifs is 12. The van der Waals surface area contributed by atoms with Crippen molar-refractivity contribution >= 4 is 43.6 Å². The van der Waals surface area contributed by atoms with Crippen LogP contribution in [0.1, 0.15) is 47.2 Å². The van der Waals surface area contributed by atoms with Gasteiger partial charge in [-0.05, 0) is 225 Å². The van der Waals surface area contributed by atoms with Gasteiger partial charge in [0.2, 0.25) is 0 Å². The Kier molecular flexibility index (Phi) is 13.6. The third-order valence-electron chi connectivity index (χ3n) is 22.4. The van der Waals surface area contributed by atoms with Crippen LogP contribution in [0.4, 0.5) is 0 Å². The van der Waals surface area contributed by atoms with Crippen molar-refractivity contribution in [2.75, 3.05) is 0 Å². The molecule has 0 radical (unpaired) electrons. The van der Waals surface area contributed by atoms with Gasteiger partial charge in [-0.25, -0.2) is 0 Å². The minimum atomic E-state index is -0.539. The van der Waals surface area contributed by atoms with E-state index in [9.17, 15) is 0 Å². The van der Waals surface area contributed by atoms with E-state index in [-0.39, 0.29) is 5.41 Å². The number of benzene rings is 16. The van der Waals surface area contributed by atoms with Gasteiger partial charge in [-0.15, -0.1) is 0 Å². The first-order valence-electron chi connectivity index (χ1n) is 35.6. The predicted molar refractivity (Wildman–Crippen MR) is 428 cm³/mol. The number of para-hydroxylation sites is 3. The summed E-state index contributed by atoms with van der Waals surface area (Å²) in [5.74, 6) is 0. The van der Waals surface area contributed by atoms with E-state index in [4.69, 9.17) is 0 Å². The maximum Gasteiger partial charge on any atom is 0.0713 e. The van der Waals surface area contributed by atoms with Crippen molar-refractivity contribution in [1.82, 2.24) is 9.13 Å². The molecule has 0 N–H and O–H groups in total. The summed E-state index contributed by atoms with van der Waals surface area (Å²) in [6.45, 7) is 4.83. The third kappa shape index (κ3) is 9.12. The quantitative estimate of drug-likeness (QED) is 0.122. The van der Waals surface area contributed by atoms with E-state index in [1.807, 2.05) is 0 Å². The molecule has 2 nitrogen and oxygen atoms in total. The normalized spacial score (nSPS) is 13.2. The molecular formula is C100H68N2. The number of hydrogen-bond acceptors (Lipinski definition) is 0. The maximum absolute atomic E-state index is 2.51. The third-order valence-corrected chi connectivity index (χ3v) is 22.4. The Morgan fingerprint density at radius 2 is 0.529 bits per heavy atom. The smallest absolute Gasteiger partial charge is 0.0713 e. The van der Waals surface area contributed by atoms with Crippen molar-refractivity contribution in [3.8, 4) is 112 Å². The molecule has 0 atom stereocenters. The second kappa shape index (κ2) is 23.4. The summed E-state index contributed by atoms with van der Waals surface area (Å²) in [6.07, 6.45) is 0. The average Bonchev–Trinajstić information content (AvgIpc) is 1.54. The molecule has 2 aliphatic rings. The number of aromatic nitrogens is 2. The first-order chi connectivity index (χ1) is 50.3. The van der Waals surface area contributed by atoms with Gasteiger partial charge < -0.3 is 9.13 Å². The topological polar surface area (TPSA) is 9.86 Å². The van der Waals surface area contributed by atoms with Gasteiger partial charge in [0.25, 0.3) is 0 Å². The molecule has 102 heavy (non-hydrogen) atoms. The molecule has 20 rings (SSSR count). The number of nitrogens with zero attached hydrogens (tertiary/aromatic N) is 2. The molecule has 0 saturated heterocycles. The van der Waals surface area contributed by atoms with Gasteiger partial charge in [0, 0.05) is 38.3 Å². The number of rotatable bonds is 11. The largest absolute Gasteiger partial charge is 0.309 e. The first kappa shape index (κ1) is 59.2. The van der Waals surface area contributed by atoms with Crippen LogP contribution >= 0.6 is 0 Å². The highest BCUT2D eigenvalue weighted by atomic mass is 15.0. The van der Waals surface area contributed by atoms with Gasteiger partial charge >= 0.3 is 0 Å². The Morgan fingerprint density at radius 1 is 0.196 bits per heavy atom. The highest BCUT2D eigenvalue weighted by Crippen LogP contribution is 2.60. The number of hydrogen-bond donors (Lipinski definition) is 0.